The molecule has 0 saturated carbocycles. The second-order valence-corrected chi connectivity index (χ2v) is 12.8. The normalized spacial score (nSPS) is 12.1. The van der Waals surface area contributed by atoms with Gasteiger partial charge in [0, 0.05) is 17.1 Å². The van der Waals surface area contributed by atoms with E-state index in [0.717, 1.165) is 19.9 Å². The smallest absolute Gasteiger partial charge is 0.264 e. The topological polar surface area (TPSA) is 96.0 Å². The number of hydrogen-bond acceptors (Lipinski definition) is 5. The monoisotopic (exact) mass is 649 g/mol. The minimum atomic E-state index is -4.20. The second kappa shape index (κ2) is 13.5. The molecule has 2 amide bonds. The number of anilines is 1. The molecule has 0 bridgehead atoms. The number of carbonyl (C=O) groups excluding carboxylic acids is 2. The Morgan fingerprint density at radius 3 is 2.27 bits per heavy atom. The molecule has 8 nitrogen and oxygen atoms in total. The average Bonchev–Trinajstić information content (AvgIpc) is 2.89. The van der Waals surface area contributed by atoms with Crippen LogP contribution in [0.4, 0.5) is 5.69 Å². The molecular weight excluding hydrogens is 618 g/mol. The van der Waals surface area contributed by atoms with Gasteiger partial charge in [-0.25, -0.2) is 8.42 Å². The number of sulfonamides is 1. The highest BCUT2D eigenvalue weighted by Gasteiger charge is 2.33. The van der Waals surface area contributed by atoms with Crippen LogP contribution in [-0.4, -0.2) is 50.9 Å². The summed E-state index contributed by atoms with van der Waals surface area (Å²) < 4.78 is 34.9. The third-order valence-electron chi connectivity index (χ3n) is 6.15. The molecule has 0 unspecified atom stereocenters. The zero-order valence-electron chi connectivity index (χ0n) is 23.0. The van der Waals surface area contributed by atoms with Crippen molar-refractivity contribution < 1.29 is 22.7 Å². The van der Waals surface area contributed by atoms with E-state index in [2.05, 4.69) is 21.2 Å². The lowest BCUT2D eigenvalue weighted by atomic mass is 10.1. The van der Waals surface area contributed by atoms with Crippen molar-refractivity contribution >= 4 is 55.1 Å². The Hall–Kier alpha value is -3.08. The number of halogens is 2. The van der Waals surface area contributed by atoms with Crippen LogP contribution in [0.2, 0.25) is 5.02 Å². The highest BCUT2D eigenvalue weighted by Crippen LogP contribution is 2.32. The van der Waals surface area contributed by atoms with Crippen LogP contribution in [0.1, 0.15) is 31.9 Å². The van der Waals surface area contributed by atoms with E-state index in [1.807, 2.05) is 45.0 Å². The summed E-state index contributed by atoms with van der Waals surface area (Å²) in [6.07, 6.45) is 0. The fourth-order valence-corrected chi connectivity index (χ4v) is 6.10. The minimum absolute atomic E-state index is 0.0157. The molecule has 0 aromatic heterocycles. The molecule has 3 aromatic rings. The van der Waals surface area contributed by atoms with Crippen LogP contribution in [0.15, 0.2) is 76.1 Å². The van der Waals surface area contributed by atoms with Crippen LogP contribution in [0.5, 0.6) is 5.75 Å². The molecule has 11 heteroatoms. The Morgan fingerprint density at radius 1 is 1.02 bits per heavy atom. The van der Waals surface area contributed by atoms with Gasteiger partial charge < -0.3 is 15.0 Å². The number of nitrogens with zero attached hydrogens (tertiary/aromatic N) is 2. The molecule has 0 heterocycles. The molecule has 0 fully saturated rings. The summed E-state index contributed by atoms with van der Waals surface area (Å²) in [4.78, 5) is 28.4. The maximum Gasteiger partial charge on any atom is 0.264 e. The van der Waals surface area contributed by atoms with Gasteiger partial charge in [0.05, 0.1) is 22.7 Å². The molecule has 0 radical (unpaired) electrons. The SMILES string of the molecule is COc1ccc(N(CC(=O)N(Cc2cccc(Br)c2)[C@H](C)C(=O)NC(C)C)S(=O)(=O)c2ccc(C)cc2)cc1Cl. The fraction of sp³-hybridized carbons (Fsp3) is 0.310. The molecule has 214 valence electrons. The number of carbonyl (C=O) groups is 2. The first-order chi connectivity index (χ1) is 18.8. The van der Waals surface area contributed by atoms with Crippen molar-refractivity contribution in [3.63, 3.8) is 0 Å². The van der Waals surface area contributed by atoms with Gasteiger partial charge in [-0.3, -0.25) is 13.9 Å². The Bertz CT molecular complexity index is 1460. The van der Waals surface area contributed by atoms with Crippen LogP contribution in [0, 0.1) is 6.92 Å². The van der Waals surface area contributed by atoms with Crippen LogP contribution < -0.4 is 14.4 Å². The number of aryl methyl sites for hydroxylation is 1. The van der Waals surface area contributed by atoms with Gasteiger partial charge >= 0.3 is 0 Å². The molecule has 0 spiro atoms. The number of nitrogens with one attached hydrogen (secondary N) is 1. The Morgan fingerprint density at radius 2 is 1.70 bits per heavy atom. The van der Waals surface area contributed by atoms with Crippen molar-refractivity contribution in [1.29, 1.82) is 0 Å². The number of hydrogen-bond donors (Lipinski definition) is 1. The van der Waals surface area contributed by atoms with Crippen LogP contribution in [0.25, 0.3) is 0 Å². The molecule has 1 atom stereocenters. The minimum Gasteiger partial charge on any atom is -0.495 e. The predicted molar refractivity (Wildman–Crippen MR) is 161 cm³/mol. The third-order valence-corrected chi connectivity index (χ3v) is 8.73. The standard InChI is InChI=1S/C29H33BrClN3O5S/c1-19(2)32-29(36)21(4)33(17-22-7-6-8-23(30)15-22)28(35)18-34(24-11-14-27(39-5)26(31)16-24)40(37,38)25-12-9-20(3)10-13-25/h6-16,19,21H,17-18H2,1-5H3,(H,32,36)/t21-/m1/s1. The van der Waals surface area contributed by atoms with E-state index in [0.29, 0.717) is 5.75 Å². The molecule has 3 aromatic carbocycles. The van der Waals surface area contributed by atoms with E-state index < -0.39 is 28.5 Å². The maximum atomic E-state index is 14.0. The fourth-order valence-electron chi connectivity index (χ4n) is 4.00. The quantitative estimate of drug-likeness (QED) is 0.293. The zero-order chi connectivity index (χ0) is 29.6. The largest absolute Gasteiger partial charge is 0.495 e. The van der Waals surface area contributed by atoms with Gasteiger partial charge in [0.25, 0.3) is 10.0 Å². The van der Waals surface area contributed by atoms with E-state index in [4.69, 9.17) is 16.3 Å². The number of rotatable bonds is 11. The lowest BCUT2D eigenvalue weighted by molar-refractivity contribution is -0.139. The van der Waals surface area contributed by atoms with Gasteiger partial charge in [0.1, 0.15) is 18.3 Å². The third kappa shape index (κ3) is 7.77. The average molecular weight is 651 g/mol. The highest BCUT2D eigenvalue weighted by molar-refractivity contribution is 9.10. The molecule has 0 aliphatic heterocycles. The predicted octanol–water partition coefficient (Wildman–Crippen LogP) is 5.56. The molecule has 0 saturated heterocycles. The van der Waals surface area contributed by atoms with E-state index in [1.165, 1.54) is 42.3 Å². The Balaban J connectivity index is 2.07. The van der Waals surface area contributed by atoms with Crippen molar-refractivity contribution in [2.24, 2.45) is 0 Å². The first-order valence-corrected chi connectivity index (χ1v) is 15.2. The number of methoxy groups -OCH3 is 1. The van der Waals surface area contributed by atoms with Gasteiger partial charge in [-0.15, -0.1) is 0 Å². The summed E-state index contributed by atoms with van der Waals surface area (Å²) in [7, 11) is -2.75. The maximum absolute atomic E-state index is 14.0. The highest BCUT2D eigenvalue weighted by atomic mass is 79.9. The van der Waals surface area contributed by atoms with E-state index in [1.54, 1.807) is 19.1 Å². The van der Waals surface area contributed by atoms with Gasteiger partial charge in [-0.05, 0) is 75.7 Å². The lowest BCUT2D eigenvalue weighted by Crippen LogP contribution is -2.52. The lowest BCUT2D eigenvalue weighted by Gasteiger charge is -2.32. The summed E-state index contributed by atoms with van der Waals surface area (Å²) in [5.41, 5.74) is 1.84. The van der Waals surface area contributed by atoms with Crippen molar-refractivity contribution in [1.82, 2.24) is 10.2 Å². The van der Waals surface area contributed by atoms with E-state index >= 15 is 0 Å². The Kier molecular flexibility index (Phi) is 10.6. The van der Waals surface area contributed by atoms with Crippen LogP contribution >= 0.6 is 27.5 Å². The van der Waals surface area contributed by atoms with Crippen molar-refractivity contribution in [2.75, 3.05) is 18.0 Å². The molecule has 1 N–H and O–H groups in total. The molecule has 3 rings (SSSR count). The number of benzene rings is 3. The summed E-state index contributed by atoms with van der Waals surface area (Å²) >= 11 is 9.79. The summed E-state index contributed by atoms with van der Waals surface area (Å²) in [5.74, 6) is -0.549. The van der Waals surface area contributed by atoms with E-state index in [9.17, 15) is 18.0 Å². The second-order valence-electron chi connectivity index (χ2n) is 9.63. The first kappa shape index (κ1) is 31.4. The molecule has 0 aliphatic rings. The van der Waals surface area contributed by atoms with Gasteiger partial charge in [0.15, 0.2) is 0 Å². The van der Waals surface area contributed by atoms with Gasteiger partial charge in [-0.1, -0.05) is 57.4 Å². The van der Waals surface area contributed by atoms with Crippen molar-refractivity contribution in [3.05, 3.63) is 87.4 Å². The number of ether oxygens (including phenoxy) is 1. The van der Waals surface area contributed by atoms with Crippen molar-refractivity contribution in [3.8, 4) is 5.75 Å². The van der Waals surface area contributed by atoms with E-state index in [-0.39, 0.29) is 34.1 Å². The van der Waals surface area contributed by atoms with Gasteiger partial charge in [-0.2, -0.15) is 0 Å². The molecule has 40 heavy (non-hydrogen) atoms. The van der Waals surface area contributed by atoms with Gasteiger partial charge in [0.2, 0.25) is 11.8 Å². The molecular formula is C29H33BrClN3O5S. The zero-order valence-corrected chi connectivity index (χ0v) is 26.2. The van der Waals surface area contributed by atoms with Crippen LogP contribution in [-0.2, 0) is 26.2 Å². The van der Waals surface area contributed by atoms with Crippen molar-refractivity contribution in [2.45, 2.75) is 51.2 Å². The molecule has 0 aliphatic carbocycles. The Labute approximate surface area is 249 Å². The summed E-state index contributed by atoms with van der Waals surface area (Å²) in [6, 6.07) is 17.2. The summed E-state index contributed by atoms with van der Waals surface area (Å²) in [6.45, 7) is 6.66. The first-order valence-electron chi connectivity index (χ1n) is 12.6. The summed E-state index contributed by atoms with van der Waals surface area (Å²) in [5, 5.41) is 3.02. The van der Waals surface area contributed by atoms with Crippen LogP contribution in [0.3, 0.4) is 0 Å². The number of amides is 2.